The predicted molar refractivity (Wildman–Crippen MR) is 78.6 cm³/mol. The van der Waals surface area contributed by atoms with Gasteiger partial charge in [0, 0.05) is 12.6 Å². The van der Waals surface area contributed by atoms with Crippen molar-refractivity contribution in [3.05, 3.63) is 29.3 Å². The summed E-state index contributed by atoms with van der Waals surface area (Å²) < 4.78 is 5.36. The van der Waals surface area contributed by atoms with Crippen molar-refractivity contribution in [2.24, 2.45) is 5.41 Å². The Morgan fingerprint density at radius 3 is 2.84 bits per heavy atom. The summed E-state index contributed by atoms with van der Waals surface area (Å²) in [6, 6.07) is 7.06. The molecule has 1 aromatic carbocycles. The van der Waals surface area contributed by atoms with Gasteiger partial charge in [0.25, 0.3) is 0 Å². The zero-order valence-electron chi connectivity index (χ0n) is 12.2. The number of nitrogens with one attached hydrogen (secondary N) is 1. The fraction of sp³-hybridized carbons (Fsp3) is 0.647. The van der Waals surface area contributed by atoms with Crippen molar-refractivity contribution in [2.75, 3.05) is 13.7 Å². The maximum Gasteiger partial charge on any atom is 0.119 e. The minimum atomic E-state index is 0.529. The topological polar surface area (TPSA) is 21.3 Å². The van der Waals surface area contributed by atoms with E-state index in [2.05, 4.69) is 30.4 Å². The summed E-state index contributed by atoms with van der Waals surface area (Å²) in [7, 11) is 1.75. The summed E-state index contributed by atoms with van der Waals surface area (Å²) >= 11 is 0. The van der Waals surface area contributed by atoms with Crippen LogP contribution in [0.15, 0.2) is 18.2 Å². The molecule has 0 aliphatic heterocycles. The zero-order chi connectivity index (χ0) is 13.3. The van der Waals surface area contributed by atoms with Crippen molar-refractivity contribution < 1.29 is 4.74 Å². The average molecular weight is 259 g/mol. The Balaban J connectivity index is 1.68. The maximum absolute atomic E-state index is 5.36. The highest BCUT2D eigenvalue weighted by atomic mass is 16.5. The van der Waals surface area contributed by atoms with Crippen LogP contribution in [0.4, 0.5) is 0 Å². The monoisotopic (exact) mass is 259 g/mol. The molecule has 3 rings (SSSR count). The van der Waals surface area contributed by atoms with E-state index >= 15 is 0 Å². The largest absolute Gasteiger partial charge is 0.497 e. The highest BCUT2D eigenvalue weighted by Crippen LogP contribution is 2.39. The molecule has 0 radical (unpaired) electrons. The molecular formula is C17H25NO. The van der Waals surface area contributed by atoms with Crippen molar-refractivity contribution in [1.29, 1.82) is 0 Å². The second-order valence-electron chi connectivity index (χ2n) is 6.55. The molecule has 0 aromatic heterocycles. The minimum Gasteiger partial charge on any atom is -0.497 e. The molecule has 1 atom stereocenters. The second-order valence-corrected chi connectivity index (χ2v) is 6.55. The van der Waals surface area contributed by atoms with Crippen LogP contribution in [-0.4, -0.2) is 13.7 Å². The number of fused-ring (bicyclic) bond motifs is 1. The number of aryl methyl sites for hydroxylation is 1. The first kappa shape index (κ1) is 13.0. The maximum atomic E-state index is 5.36. The molecule has 2 aliphatic carbocycles. The molecular weight excluding hydrogens is 234 g/mol. The SMILES string of the molecule is COc1ccc2c(c1)C(NCC1(C)CCCC1)CC2. The van der Waals surface area contributed by atoms with Gasteiger partial charge in [-0.15, -0.1) is 0 Å². The number of benzene rings is 1. The molecule has 19 heavy (non-hydrogen) atoms. The zero-order valence-corrected chi connectivity index (χ0v) is 12.2. The predicted octanol–water partition coefficient (Wildman–Crippen LogP) is 3.85. The molecule has 0 spiro atoms. The Morgan fingerprint density at radius 2 is 2.11 bits per heavy atom. The van der Waals surface area contributed by atoms with Gasteiger partial charge in [0.15, 0.2) is 0 Å². The number of hydrogen-bond donors (Lipinski definition) is 1. The molecule has 2 nitrogen and oxygen atoms in total. The van der Waals surface area contributed by atoms with Gasteiger partial charge in [-0.2, -0.15) is 0 Å². The van der Waals surface area contributed by atoms with Crippen LogP contribution in [0.2, 0.25) is 0 Å². The summed E-state index contributed by atoms with van der Waals surface area (Å²) in [4.78, 5) is 0. The number of rotatable bonds is 4. The summed E-state index contributed by atoms with van der Waals surface area (Å²) in [6.45, 7) is 3.60. The fourth-order valence-corrected chi connectivity index (χ4v) is 3.69. The van der Waals surface area contributed by atoms with E-state index < -0.39 is 0 Å². The Kier molecular flexibility index (Phi) is 3.53. The number of methoxy groups -OCH3 is 1. The molecule has 1 aromatic rings. The smallest absolute Gasteiger partial charge is 0.119 e. The average Bonchev–Trinajstić information content (AvgIpc) is 3.03. The lowest BCUT2D eigenvalue weighted by molar-refractivity contribution is 0.297. The van der Waals surface area contributed by atoms with E-state index in [1.54, 1.807) is 7.11 Å². The summed E-state index contributed by atoms with van der Waals surface area (Å²) in [5, 5.41) is 3.82. The van der Waals surface area contributed by atoms with Crippen LogP contribution in [0.25, 0.3) is 0 Å². The lowest BCUT2D eigenvalue weighted by atomic mass is 9.88. The quantitative estimate of drug-likeness (QED) is 0.886. The highest BCUT2D eigenvalue weighted by Gasteiger charge is 2.30. The first-order valence-electron chi connectivity index (χ1n) is 7.60. The van der Waals surface area contributed by atoms with E-state index in [0.29, 0.717) is 11.5 Å². The van der Waals surface area contributed by atoms with Crippen LogP contribution in [0, 0.1) is 5.41 Å². The third-order valence-electron chi connectivity index (χ3n) is 5.02. The molecule has 0 heterocycles. The second kappa shape index (κ2) is 5.16. The van der Waals surface area contributed by atoms with Crippen molar-refractivity contribution in [1.82, 2.24) is 5.32 Å². The van der Waals surface area contributed by atoms with E-state index in [1.165, 1.54) is 49.7 Å². The van der Waals surface area contributed by atoms with Gasteiger partial charge < -0.3 is 10.1 Å². The van der Waals surface area contributed by atoms with Crippen LogP contribution in [0.3, 0.4) is 0 Å². The van der Waals surface area contributed by atoms with Crippen LogP contribution >= 0.6 is 0 Å². The lowest BCUT2D eigenvalue weighted by Crippen LogP contribution is -2.31. The molecule has 2 heteroatoms. The molecule has 0 bridgehead atoms. The van der Waals surface area contributed by atoms with E-state index in [1.807, 2.05) is 0 Å². The Labute approximate surface area is 116 Å². The first-order valence-corrected chi connectivity index (χ1v) is 7.60. The third-order valence-corrected chi connectivity index (χ3v) is 5.02. The van der Waals surface area contributed by atoms with Gasteiger partial charge >= 0.3 is 0 Å². The lowest BCUT2D eigenvalue weighted by Gasteiger charge is -2.26. The van der Waals surface area contributed by atoms with Gasteiger partial charge in [0.2, 0.25) is 0 Å². The summed E-state index contributed by atoms with van der Waals surface area (Å²) in [5.41, 5.74) is 3.48. The third kappa shape index (κ3) is 2.64. The molecule has 104 valence electrons. The van der Waals surface area contributed by atoms with Gasteiger partial charge in [0.05, 0.1) is 7.11 Å². The van der Waals surface area contributed by atoms with E-state index in [-0.39, 0.29) is 0 Å². The molecule has 1 unspecified atom stereocenters. The van der Waals surface area contributed by atoms with Crippen LogP contribution in [0.1, 0.15) is 56.2 Å². The minimum absolute atomic E-state index is 0.529. The van der Waals surface area contributed by atoms with E-state index in [0.717, 1.165) is 12.3 Å². The summed E-state index contributed by atoms with van der Waals surface area (Å²) in [5.74, 6) is 0.986. The molecule has 0 saturated heterocycles. The fourth-order valence-electron chi connectivity index (χ4n) is 3.69. The van der Waals surface area contributed by atoms with Gasteiger partial charge in [0.1, 0.15) is 5.75 Å². The van der Waals surface area contributed by atoms with Gasteiger partial charge in [-0.25, -0.2) is 0 Å². The Bertz CT molecular complexity index is 449. The van der Waals surface area contributed by atoms with Crippen LogP contribution in [-0.2, 0) is 6.42 Å². The summed E-state index contributed by atoms with van der Waals surface area (Å²) in [6.07, 6.45) is 8.03. The molecule has 1 N–H and O–H groups in total. The standard InChI is InChI=1S/C17H25NO/c1-17(9-3-4-10-17)12-18-16-8-6-13-5-7-14(19-2)11-15(13)16/h5,7,11,16,18H,3-4,6,8-10,12H2,1-2H3. The van der Waals surface area contributed by atoms with Crippen molar-refractivity contribution in [2.45, 2.75) is 51.5 Å². The van der Waals surface area contributed by atoms with Crippen LogP contribution in [0.5, 0.6) is 5.75 Å². The van der Waals surface area contributed by atoms with E-state index in [9.17, 15) is 0 Å². The van der Waals surface area contributed by atoms with Crippen molar-refractivity contribution >= 4 is 0 Å². The number of hydrogen-bond acceptors (Lipinski definition) is 2. The van der Waals surface area contributed by atoms with Crippen molar-refractivity contribution in [3.63, 3.8) is 0 Å². The Hall–Kier alpha value is -1.02. The van der Waals surface area contributed by atoms with Gasteiger partial charge in [-0.1, -0.05) is 25.8 Å². The molecule has 2 aliphatic rings. The Morgan fingerprint density at radius 1 is 1.32 bits per heavy atom. The number of ether oxygens (including phenoxy) is 1. The molecule has 1 saturated carbocycles. The van der Waals surface area contributed by atoms with Crippen LogP contribution < -0.4 is 10.1 Å². The first-order chi connectivity index (χ1) is 9.20. The highest BCUT2D eigenvalue weighted by molar-refractivity contribution is 5.40. The van der Waals surface area contributed by atoms with E-state index in [4.69, 9.17) is 4.74 Å². The van der Waals surface area contributed by atoms with Gasteiger partial charge in [-0.05, 0) is 54.4 Å². The normalized spacial score (nSPS) is 24.4. The van der Waals surface area contributed by atoms with Gasteiger partial charge in [-0.3, -0.25) is 0 Å². The molecule has 0 amide bonds. The van der Waals surface area contributed by atoms with Crippen molar-refractivity contribution in [3.8, 4) is 5.75 Å². The molecule has 1 fully saturated rings.